The molecule has 0 saturated heterocycles. The Morgan fingerprint density at radius 2 is 2.14 bits per heavy atom. The molecular formula is C16H14BClO3. The molecule has 0 fully saturated rings. The van der Waals surface area contributed by atoms with Gasteiger partial charge in [-0.05, 0) is 35.1 Å². The van der Waals surface area contributed by atoms with Gasteiger partial charge in [-0.2, -0.15) is 0 Å². The van der Waals surface area contributed by atoms with E-state index in [1.807, 2.05) is 18.2 Å². The van der Waals surface area contributed by atoms with E-state index < -0.39 is 7.12 Å². The zero-order valence-electron chi connectivity index (χ0n) is 11.4. The molecule has 21 heavy (non-hydrogen) atoms. The Labute approximate surface area is 128 Å². The van der Waals surface area contributed by atoms with Crippen molar-refractivity contribution in [2.75, 3.05) is 6.61 Å². The summed E-state index contributed by atoms with van der Waals surface area (Å²) in [5.41, 5.74) is 3.30. The maximum absolute atomic E-state index is 12.3. The average Bonchev–Trinajstić information content (AvgIpc) is 2.48. The third kappa shape index (κ3) is 3.18. The van der Waals surface area contributed by atoms with Crippen molar-refractivity contribution < 1.29 is 14.5 Å². The minimum atomic E-state index is -0.894. The highest BCUT2D eigenvalue weighted by Crippen LogP contribution is 2.15. The summed E-state index contributed by atoms with van der Waals surface area (Å²) in [4.78, 5) is 12.3. The van der Waals surface area contributed by atoms with Gasteiger partial charge in [-0.3, -0.25) is 4.79 Å². The summed E-state index contributed by atoms with van der Waals surface area (Å²) in [6, 6.07) is 12.7. The van der Waals surface area contributed by atoms with Gasteiger partial charge in [0.15, 0.2) is 5.78 Å². The SMILES string of the molecule is O=C(Cc1ccc2c(c1)B(O)OCC2)c1cccc(Cl)c1. The van der Waals surface area contributed by atoms with Gasteiger partial charge in [-0.1, -0.05) is 41.9 Å². The molecule has 0 bridgehead atoms. The molecule has 0 aliphatic carbocycles. The molecule has 2 aromatic carbocycles. The largest absolute Gasteiger partial charge is 0.491 e. The highest BCUT2D eigenvalue weighted by Gasteiger charge is 2.25. The van der Waals surface area contributed by atoms with Gasteiger partial charge in [0.25, 0.3) is 0 Å². The van der Waals surface area contributed by atoms with Crippen LogP contribution in [-0.2, 0) is 17.5 Å². The molecule has 0 saturated carbocycles. The summed E-state index contributed by atoms with van der Waals surface area (Å²) < 4.78 is 5.22. The lowest BCUT2D eigenvalue weighted by molar-refractivity contribution is 0.0993. The van der Waals surface area contributed by atoms with Crippen LogP contribution in [0.25, 0.3) is 0 Å². The Morgan fingerprint density at radius 1 is 1.29 bits per heavy atom. The van der Waals surface area contributed by atoms with Gasteiger partial charge in [0.2, 0.25) is 0 Å². The summed E-state index contributed by atoms with van der Waals surface area (Å²) in [5.74, 6) is 0.00340. The quantitative estimate of drug-likeness (QED) is 0.697. The first kappa shape index (κ1) is 14.3. The zero-order valence-corrected chi connectivity index (χ0v) is 12.1. The van der Waals surface area contributed by atoms with Gasteiger partial charge in [0.05, 0.1) is 0 Å². The van der Waals surface area contributed by atoms with Crippen molar-refractivity contribution in [3.8, 4) is 0 Å². The molecule has 0 radical (unpaired) electrons. The molecule has 106 valence electrons. The monoisotopic (exact) mass is 300 g/mol. The normalized spacial score (nSPS) is 13.9. The molecule has 0 unspecified atom stereocenters. The molecule has 2 aromatic rings. The Hall–Kier alpha value is -1.62. The second kappa shape index (κ2) is 6.02. The van der Waals surface area contributed by atoms with Crippen LogP contribution in [0.4, 0.5) is 0 Å². The Balaban J connectivity index is 1.82. The summed E-state index contributed by atoms with van der Waals surface area (Å²) in [5, 5.41) is 10.4. The average molecular weight is 301 g/mol. The number of Topliss-reactive ketones (excluding diaryl/α,β-unsaturated/α-hetero) is 1. The second-order valence-electron chi connectivity index (χ2n) is 5.12. The van der Waals surface area contributed by atoms with E-state index >= 15 is 0 Å². The molecule has 1 heterocycles. The lowest BCUT2D eigenvalue weighted by Gasteiger charge is -2.19. The number of benzene rings is 2. The van der Waals surface area contributed by atoms with Gasteiger partial charge >= 0.3 is 7.12 Å². The molecule has 1 aliphatic rings. The molecule has 0 amide bonds. The van der Waals surface area contributed by atoms with E-state index in [2.05, 4.69) is 0 Å². The number of rotatable bonds is 3. The first-order chi connectivity index (χ1) is 10.1. The van der Waals surface area contributed by atoms with Crippen molar-refractivity contribution in [1.29, 1.82) is 0 Å². The van der Waals surface area contributed by atoms with Crippen LogP contribution in [0.3, 0.4) is 0 Å². The van der Waals surface area contributed by atoms with E-state index in [0.29, 0.717) is 17.2 Å². The smallest absolute Gasteiger partial charge is 0.423 e. The molecule has 5 heteroatoms. The fourth-order valence-electron chi connectivity index (χ4n) is 2.53. The van der Waals surface area contributed by atoms with E-state index in [1.54, 1.807) is 24.3 Å². The number of ketones is 1. The van der Waals surface area contributed by atoms with Crippen molar-refractivity contribution in [3.05, 3.63) is 64.2 Å². The highest BCUT2D eigenvalue weighted by molar-refractivity contribution is 6.60. The van der Waals surface area contributed by atoms with E-state index in [9.17, 15) is 9.82 Å². The van der Waals surface area contributed by atoms with E-state index in [4.69, 9.17) is 16.3 Å². The van der Waals surface area contributed by atoms with E-state index in [0.717, 1.165) is 23.0 Å². The van der Waals surface area contributed by atoms with Gasteiger partial charge < -0.3 is 9.68 Å². The Bertz CT molecular complexity index is 687. The van der Waals surface area contributed by atoms with Crippen LogP contribution >= 0.6 is 11.6 Å². The number of fused-ring (bicyclic) bond motifs is 1. The zero-order chi connectivity index (χ0) is 14.8. The molecule has 3 rings (SSSR count). The van der Waals surface area contributed by atoms with Crippen molar-refractivity contribution in [2.24, 2.45) is 0 Å². The first-order valence-corrected chi connectivity index (χ1v) is 7.21. The first-order valence-electron chi connectivity index (χ1n) is 6.83. The van der Waals surface area contributed by atoms with Crippen molar-refractivity contribution >= 4 is 30.0 Å². The predicted octanol–water partition coefficient (Wildman–Crippen LogP) is 2.03. The fraction of sp³-hybridized carbons (Fsp3) is 0.188. The van der Waals surface area contributed by atoms with Crippen LogP contribution in [-0.4, -0.2) is 24.5 Å². The Morgan fingerprint density at radius 3 is 2.95 bits per heavy atom. The van der Waals surface area contributed by atoms with Crippen LogP contribution in [0.5, 0.6) is 0 Å². The lowest BCUT2D eigenvalue weighted by Crippen LogP contribution is -2.41. The van der Waals surface area contributed by atoms with Gasteiger partial charge in [0.1, 0.15) is 0 Å². The Kier molecular flexibility index (Phi) is 4.11. The molecule has 0 aromatic heterocycles. The minimum absolute atomic E-state index is 0.00340. The van der Waals surface area contributed by atoms with Gasteiger partial charge in [-0.15, -0.1) is 0 Å². The van der Waals surface area contributed by atoms with E-state index in [1.165, 1.54) is 0 Å². The summed E-state index contributed by atoms with van der Waals surface area (Å²) >= 11 is 5.90. The molecule has 1 aliphatic heterocycles. The van der Waals surface area contributed by atoms with E-state index in [-0.39, 0.29) is 12.2 Å². The third-order valence-electron chi connectivity index (χ3n) is 3.63. The van der Waals surface area contributed by atoms with Crippen molar-refractivity contribution in [2.45, 2.75) is 12.8 Å². The number of hydrogen-bond donors (Lipinski definition) is 1. The molecule has 0 spiro atoms. The highest BCUT2D eigenvalue weighted by atomic mass is 35.5. The second-order valence-corrected chi connectivity index (χ2v) is 5.55. The third-order valence-corrected chi connectivity index (χ3v) is 3.87. The lowest BCUT2D eigenvalue weighted by atomic mass is 9.73. The number of carbonyl (C=O) groups excluding carboxylic acids is 1. The summed E-state index contributed by atoms with van der Waals surface area (Å²) in [6.07, 6.45) is 1.06. The van der Waals surface area contributed by atoms with Crippen molar-refractivity contribution in [3.63, 3.8) is 0 Å². The standard InChI is InChI=1S/C16H14BClO3/c18-14-3-1-2-13(10-14)16(19)9-11-4-5-12-6-7-21-17(20)15(12)8-11/h1-5,8,10,20H,6-7,9H2. The summed E-state index contributed by atoms with van der Waals surface area (Å²) in [6.45, 7) is 0.523. The van der Waals surface area contributed by atoms with Crippen LogP contribution in [0.15, 0.2) is 42.5 Å². The molecule has 3 nitrogen and oxygen atoms in total. The van der Waals surface area contributed by atoms with Crippen LogP contribution < -0.4 is 5.46 Å². The minimum Gasteiger partial charge on any atom is -0.423 e. The van der Waals surface area contributed by atoms with Gasteiger partial charge in [0, 0.05) is 23.6 Å². The van der Waals surface area contributed by atoms with Crippen molar-refractivity contribution in [1.82, 2.24) is 0 Å². The molecule has 0 atom stereocenters. The number of halogens is 1. The van der Waals surface area contributed by atoms with Crippen LogP contribution in [0.2, 0.25) is 5.02 Å². The van der Waals surface area contributed by atoms with Crippen LogP contribution in [0, 0.1) is 0 Å². The fourth-order valence-corrected chi connectivity index (χ4v) is 2.72. The number of hydrogen-bond acceptors (Lipinski definition) is 3. The molecular weight excluding hydrogens is 286 g/mol. The number of carbonyl (C=O) groups is 1. The van der Waals surface area contributed by atoms with Gasteiger partial charge in [-0.25, -0.2) is 0 Å². The predicted molar refractivity (Wildman–Crippen MR) is 83.2 cm³/mol. The maximum Gasteiger partial charge on any atom is 0.491 e. The topological polar surface area (TPSA) is 46.5 Å². The van der Waals surface area contributed by atoms with Crippen LogP contribution in [0.1, 0.15) is 21.5 Å². The molecule has 1 N–H and O–H groups in total. The summed E-state index contributed by atoms with van der Waals surface area (Å²) in [7, 11) is -0.894. The maximum atomic E-state index is 12.3.